The fourth-order valence-electron chi connectivity index (χ4n) is 11.0. The summed E-state index contributed by atoms with van der Waals surface area (Å²) in [6.07, 6.45) is 15.1. The van der Waals surface area contributed by atoms with Crippen LogP contribution in [0.2, 0.25) is 0 Å². The van der Waals surface area contributed by atoms with Crippen molar-refractivity contribution in [1.82, 2.24) is 5.32 Å². The van der Waals surface area contributed by atoms with Crippen LogP contribution in [0.5, 0.6) is 0 Å². The van der Waals surface area contributed by atoms with E-state index in [-0.39, 0.29) is 39.6 Å². The summed E-state index contributed by atoms with van der Waals surface area (Å²) in [7, 11) is 1.48. The largest absolute Gasteiger partial charge is 0.453 e. The average molecular weight is 549 g/mol. The van der Waals surface area contributed by atoms with Crippen LogP contribution >= 0.6 is 0 Å². The van der Waals surface area contributed by atoms with Gasteiger partial charge in [-0.3, -0.25) is 4.79 Å². The van der Waals surface area contributed by atoms with Crippen molar-refractivity contribution in [1.29, 1.82) is 5.26 Å². The Morgan fingerprint density at radius 2 is 1.80 bits per heavy atom. The van der Waals surface area contributed by atoms with Crippen LogP contribution in [0.15, 0.2) is 23.3 Å². The molecule has 4 saturated carbocycles. The van der Waals surface area contributed by atoms with Crippen molar-refractivity contribution >= 4 is 11.9 Å². The lowest BCUT2D eigenvalue weighted by molar-refractivity contribution is -0.164. The Morgan fingerprint density at radius 3 is 2.45 bits per heavy atom. The minimum absolute atomic E-state index is 0.0253. The molecule has 0 aromatic heterocycles. The van der Waals surface area contributed by atoms with Crippen molar-refractivity contribution in [3.05, 3.63) is 23.3 Å². The molecule has 220 valence electrons. The molecular weight excluding hydrogens is 496 g/mol. The van der Waals surface area contributed by atoms with Crippen LogP contribution in [-0.4, -0.2) is 24.5 Å². The number of nitrogens with zero attached hydrogens (tertiary/aromatic N) is 1. The molecule has 5 rings (SSSR count). The molecule has 0 spiro atoms. The minimum atomic E-state index is -0.528. The Labute approximate surface area is 242 Å². The van der Waals surface area contributed by atoms with Gasteiger partial charge in [0, 0.05) is 11.0 Å². The van der Waals surface area contributed by atoms with Crippen molar-refractivity contribution in [2.45, 2.75) is 118 Å². The highest BCUT2D eigenvalue weighted by molar-refractivity contribution is 6.04. The van der Waals surface area contributed by atoms with E-state index in [0.29, 0.717) is 29.2 Å². The molecule has 8 atom stereocenters. The molecule has 0 aromatic rings. The predicted octanol–water partition coefficient (Wildman–Crippen LogP) is 8.16. The molecule has 5 aliphatic carbocycles. The number of methoxy groups -OCH3 is 1. The highest BCUT2D eigenvalue weighted by atomic mass is 16.5. The molecule has 0 bridgehead atoms. The first-order valence-electron chi connectivity index (χ1n) is 15.9. The van der Waals surface area contributed by atoms with Gasteiger partial charge in [0.25, 0.3) is 0 Å². The average Bonchev–Trinajstić information content (AvgIpc) is 2.89. The van der Waals surface area contributed by atoms with E-state index >= 15 is 0 Å². The normalized spacial score (nSPS) is 44.2. The second kappa shape index (κ2) is 9.74. The molecular formula is C35H52N2O3. The van der Waals surface area contributed by atoms with Gasteiger partial charge in [-0.05, 0) is 104 Å². The second-order valence-corrected chi connectivity index (χ2v) is 15.9. The fourth-order valence-corrected chi connectivity index (χ4v) is 11.0. The zero-order valence-electron chi connectivity index (χ0n) is 26.3. The van der Waals surface area contributed by atoms with Gasteiger partial charge in [-0.15, -0.1) is 0 Å². The van der Waals surface area contributed by atoms with Gasteiger partial charge in [0.2, 0.25) is 0 Å². The van der Waals surface area contributed by atoms with Gasteiger partial charge in [-0.25, -0.2) is 4.79 Å². The Hall–Kier alpha value is -2.09. The van der Waals surface area contributed by atoms with Crippen molar-refractivity contribution in [2.75, 3.05) is 7.11 Å². The third-order valence-corrected chi connectivity index (χ3v) is 13.0. The highest BCUT2D eigenvalue weighted by Gasteiger charge is 2.67. The lowest BCUT2D eigenvalue weighted by atomic mass is 9.36. The summed E-state index contributed by atoms with van der Waals surface area (Å²) in [5, 5.41) is 13.4. The number of hydrogen-bond acceptors (Lipinski definition) is 4. The maximum Gasteiger partial charge on any atom is 0.407 e. The molecule has 0 heterocycles. The third-order valence-electron chi connectivity index (χ3n) is 13.0. The molecule has 0 aliphatic heterocycles. The Kier molecular flexibility index (Phi) is 7.16. The molecule has 0 aromatic carbocycles. The number of nitriles is 1. The van der Waals surface area contributed by atoms with Gasteiger partial charge in [-0.2, -0.15) is 5.26 Å². The van der Waals surface area contributed by atoms with E-state index in [9.17, 15) is 14.9 Å². The van der Waals surface area contributed by atoms with Crippen LogP contribution < -0.4 is 5.32 Å². The number of carbonyl (C=O) groups is 2. The van der Waals surface area contributed by atoms with Gasteiger partial charge < -0.3 is 10.1 Å². The number of hydrogen-bond donors (Lipinski definition) is 1. The summed E-state index contributed by atoms with van der Waals surface area (Å²) in [6, 6.07) is 2.30. The zero-order chi connectivity index (χ0) is 29.3. The van der Waals surface area contributed by atoms with Gasteiger partial charge in [0.15, 0.2) is 5.78 Å². The van der Waals surface area contributed by atoms with E-state index in [4.69, 9.17) is 4.74 Å². The van der Waals surface area contributed by atoms with Gasteiger partial charge in [0.05, 0.1) is 12.7 Å². The predicted molar refractivity (Wildman–Crippen MR) is 158 cm³/mol. The molecule has 8 unspecified atom stereocenters. The van der Waals surface area contributed by atoms with Crippen molar-refractivity contribution < 1.29 is 14.3 Å². The maximum absolute atomic E-state index is 13.4. The van der Waals surface area contributed by atoms with Gasteiger partial charge in [-0.1, -0.05) is 72.6 Å². The van der Waals surface area contributed by atoms with Gasteiger partial charge in [0.1, 0.15) is 6.07 Å². The van der Waals surface area contributed by atoms with E-state index in [0.717, 1.165) is 64.2 Å². The van der Waals surface area contributed by atoms with E-state index in [1.54, 1.807) is 5.57 Å². The molecule has 4 fully saturated rings. The topological polar surface area (TPSA) is 79.2 Å². The summed E-state index contributed by atoms with van der Waals surface area (Å²) in [5.74, 6) is 2.00. The highest BCUT2D eigenvalue weighted by Crippen LogP contribution is 2.72. The maximum atomic E-state index is 13.4. The molecule has 1 N–H and O–H groups in total. The number of unbranched alkanes of at least 4 members (excludes halogenated alkanes) is 1. The summed E-state index contributed by atoms with van der Waals surface area (Å²) in [5.41, 5.74) is 1.36. The minimum Gasteiger partial charge on any atom is -0.453 e. The van der Waals surface area contributed by atoms with Crippen molar-refractivity contribution in [3.63, 3.8) is 0 Å². The van der Waals surface area contributed by atoms with Crippen LogP contribution in [-0.2, 0) is 9.53 Å². The van der Waals surface area contributed by atoms with Crippen molar-refractivity contribution in [3.8, 4) is 6.07 Å². The quantitative estimate of drug-likeness (QED) is 0.361. The molecule has 0 radical (unpaired) electrons. The third kappa shape index (κ3) is 4.21. The van der Waals surface area contributed by atoms with Crippen LogP contribution in [0, 0.1) is 62.6 Å². The zero-order valence-corrected chi connectivity index (χ0v) is 26.3. The lowest BCUT2D eigenvalue weighted by Gasteiger charge is -2.69. The number of nitrogens with one attached hydrogen (secondary N) is 1. The van der Waals surface area contributed by atoms with E-state index < -0.39 is 5.41 Å². The van der Waals surface area contributed by atoms with E-state index in [1.165, 1.54) is 7.11 Å². The molecule has 40 heavy (non-hydrogen) atoms. The number of carbonyl (C=O) groups excluding carboxylic acids is 2. The van der Waals surface area contributed by atoms with Crippen LogP contribution in [0.25, 0.3) is 0 Å². The number of ketones is 1. The van der Waals surface area contributed by atoms with Crippen LogP contribution in [0.3, 0.4) is 0 Å². The lowest BCUT2D eigenvalue weighted by Crippen LogP contribution is -2.67. The summed E-state index contributed by atoms with van der Waals surface area (Å²) >= 11 is 0. The Morgan fingerprint density at radius 1 is 1.07 bits per heavy atom. The molecule has 5 heteroatoms. The van der Waals surface area contributed by atoms with E-state index in [2.05, 4.69) is 72.0 Å². The molecule has 0 saturated heterocycles. The molecule has 5 nitrogen and oxygen atoms in total. The number of amides is 1. The summed E-state index contributed by atoms with van der Waals surface area (Å²) in [4.78, 5) is 26.1. The monoisotopic (exact) mass is 548 g/mol. The first kappa shape index (κ1) is 29.4. The number of rotatable bonds is 3. The fraction of sp³-hybridized carbons (Fsp3) is 0.800. The van der Waals surface area contributed by atoms with E-state index in [1.807, 2.05) is 0 Å². The SMILES string of the molecule is CCC/C=C1\CC2C3(C)C=C(C#N)C(=O)C(C)(C)C3CCC2(C)C2CCC3(NC(=O)OC)CCC(C)(C)CC3C12. The molecule has 5 aliphatic rings. The Balaban J connectivity index is 1.64. The van der Waals surface area contributed by atoms with Crippen LogP contribution in [0.4, 0.5) is 4.79 Å². The van der Waals surface area contributed by atoms with Gasteiger partial charge >= 0.3 is 6.09 Å². The first-order valence-corrected chi connectivity index (χ1v) is 15.9. The number of alkyl carbamates (subject to hydrolysis) is 1. The number of fused-ring (bicyclic) bond motifs is 7. The number of Topliss-reactive ketones (excluding diaryl/α,β-unsaturated/α-hetero) is 1. The Bertz CT molecular complexity index is 1170. The number of ether oxygens (including phenoxy) is 1. The first-order chi connectivity index (χ1) is 18.7. The van der Waals surface area contributed by atoms with Crippen molar-refractivity contribution in [2.24, 2.45) is 51.2 Å². The summed E-state index contributed by atoms with van der Waals surface area (Å²) < 4.78 is 5.18. The van der Waals surface area contributed by atoms with Crippen LogP contribution in [0.1, 0.15) is 113 Å². The smallest absolute Gasteiger partial charge is 0.407 e. The second-order valence-electron chi connectivity index (χ2n) is 15.9. The number of allylic oxidation sites excluding steroid dienone is 4. The molecule has 1 amide bonds. The summed E-state index contributed by atoms with van der Waals surface area (Å²) in [6.45, 7) is 16.2. The standard InChI is InChI=1S/C35H52N2O3/c1-9-10-11-22-18-27-33(6,14-13-26-32(4,5)29(38)23(21-36)19-34(26,27)7)24-12-15-35(37-30(39)40-8)17-16-31(2,3)20-25(35)28(22)24/h11,19,24-28H,9-10,12-18,20H2,1-8H3,(H,37,39)/b22-11+.